The molecular weight excluding hydrogens is 254 g/mol. The molecule has 0 amide bonds. The number of nitrogens with zero attached hydrogens (tertiary/aromatic N) is 1. The number of hydrogen-bond donors (Lipinski definition) is 0. The normalized spacial score (nSPS) is 26.1. The molecular formula is C12H17NO4S. The Hall–Kier alpha value is -1.14. The average Bonchev–Trinajstić information content (AvgIpc) is 2.81. The summed E-state index contributed by atoms with van der Waals surface area (Å²) in [5.41, 5.74) is 0. The van der Waals surface area contributed by atoms with E-state index in [1.54, 1.807) is 0 Å². The Kier molecular flexibility index (Phi) is 3.59. The van der Waals surface area contributed by atoms with Crippen LogP contribution in [-0.2, 0) is 10.0 Å². The monoisotopic (exact) mass is 271 g/mol. The highest BCUT2D eigenvalue weighted by Gasteiger charge is 2.35. The summed E-state index contributed by atoms with van der Waals surface area (Å²) in [6, 6.07) is 2.68. The van der Waals surface area contributed by atoms with Gasteiger partial charge in [0.2, 0.25) is 5.09 Å². The number of piperidine rings is 1. The number of furan rings is 1. The number of sulfonamides is 1. The summed E-state index contributed by atoms with van der Waals surface area (Å²) in [6.07, 6.45) is 2.38. The quantitative estimate of drug-likeness (QED) is 0.787. The Morgan fingerprint density at radius 1 is 1.33 bits per heavy atom. The summed E-state index contributed by atoms with van der Waals surface area (Å²) in [5.74, 6) is 0.378. The minimum atomic E-state index is -3.63. The lowest BCUT2D eigenvalue weighted by Crippen LogP contribution is -2.44. The molecule has 1 saturated heterocycles. The molecule has 1 aliphatic heterocycles. The highest BCUT2D eigenvalue weighted by molar-refractivity contribution is 7.89. The maximum absolute atomic E-state index is 12.4. The summed E-state index contributed by atoms with van der Waals surface area (Å²) < 4.78 is 31.3. The van der Waals surface area contributed by atoms with E-state index in [1.807, 2.05) is 13.8 Å². The van der Waals surface area contributed by atoms with Gasteiger partial charge in [-0.1, -0.05) is 6.92 Å². The lowest BCUT2D eigenvalue weighted by Gasteiger charge is -2.34. The molecule has 0 saturated carbocycles. The molecule has 5 nitrogen and oxygen atoms in total. The predicted molar refractivity (Wildman–Crippen MR) is 65.8 cm³/mol. The zero-order valence-electron chi connectivity index (χ0n) is 10.5. The zero-order chi connectivity index (χ0) is 13.3. The standard InChI is InChI=1S/C12H17NO4S/c1-9-3-4-10(2)13(7-9)18(15,16)12-6-5-11(8-14)17-12/h5-6,8-10H,3-4,7H2,1-2H3. The topological polar surface area (TPSA) is 67.6 Å². The molecule has 0 bridgehead atoms. The van der Waals surface area contributed by atoms with E-state index in [2.05, 4.69) is 0 Å². The first-order valence-corrected chi connectivity index (χ1v) is 7.46. The van der Waals surface area contributed by atoms with Crippen molar-refractivity contribution in [1.82, 2.24) is 4.31 Å². The molecule has 0 aliphatic carbocycles. The first kappa shape index (κ1) is 13.3. The molecule has 1 aromatic rings. The third-order valence-electron chi connectivity index (χ3n) is 3.34. The van der Waals surface area contributed by atoms with Crippen LogP contribution in [0.5, 0.6) is 0 Å². The third-order valence-corrected chi connectivity index (χ3v) is 5.20. The minimum absolute atomic E-state index is 0.0315. The van der Waals surface area contributed by atoms with Crippen LogP contribution in [0.25, 0.3) is 0 Å². The summed E-state index contributed by atoms with van der Waals surface area (Å²) in [5, 5.41) is -0.148. The number of rotatable bonds is 3. The fourth-order valence-electron chi connectivity index (χ4n) is 2.24. The van der Waals surface area contributed by atoms with Gasteiger partial charge in [0.1, 0.15) is 0 Å². The average molecular weight is 271 g/mol. The van der Waals surface area contributed by atoms with E-state index in [4.69, 9.17) is 4.42 Å². The fourth-order valence-corrected chi connectivity index (χ4v) is 3.94. The van der Waals surface area contributed by atoms with Gasteiger partial charge < -0.3 is 4.42 Å². The Morgan fingerprint density at radius 2 is 2.06 bits per heavy atom. The molecule has 6 heteroatoms. The molecule has 2 rings (SSSR count). The van der Waals surface area contributed by atoms with Crippen molar-refractivity contribution in [3.05, 3.63) is 17.9 Å². The highest BCUT2D eigenvalue weighted by atomic mass is 32.2. The van der Waals surface area contributed by atoms with Crippen molar-refractivity contribution in [3.8, 4) is 0 Å². The van der Waals surface area contributed by atoms with E-state index in [1.165, 1.54) is 16.4 Å². The van der Waals surface area contributed by atoms with Crippen molar-refractivity contribution in [3.63, 3.8) is 0 Å². The second kappa shape index (κ2) is 4.85. The summed E-state index contributed by atoms with van der Waals surface area (Å²) in [4.78, 5) is 10.5. The van der Waals surface area contributed by atoms with Crippen LogP contribution in [0.3, 0.4) is 0 Å². The van der Waals surface area contributed by atoms with Crippen LogP contribution in [0, 0.1) is 5.92 Å². The van der Waals surface area contributed by atoms with Gasteiger partial charge in [-0.05, 0) is 37.8 Å². The number of hydrogen-bond acceptors (Lipinski definition) is 4. The van der Waals surface area contributed by atoms with Gasteiger partial charge in [0.15, 0.2) is 12.0 Å². The van der Waals surface area contributed by atoms with E-state index in [0.717, 1.165) is 12.8 Å². The van der Waals surface area contributed by atoms with Gasteiger partial charge in [-0.3, -0.25) is 4.79 Å². The zero-order valence-corrected chi connectivity index (χ0v) is 11.3. The van der Waals surface area contributed by atoms with Gasteiger partial charge in [-0.15, -0.1) is 0 Å². The maximum atomic E-state index is 12.4. The molecule has 1 fully saturated rings. The lowest BCUT2D eigenvalue weighted by atomic mass is 9.97. The van der Waals surface area contributed by atoms with Crippen LogP contribution in [0.4, 0.5) is 0 Å². The highest BCUT2D eigenvalue weighted by Crippen LogP contribution is 2.28. The second-order valence-electron chi connectivity index (χ2n) is 4.88. The van der Waals surface area contributed by atoms with Crippen molar-refractivity contribution in [2.75, 3.05) is 6.54 Å². The molecule has 1 aromatic heterocycles. The van der Waals surface area contributed by atoms with Crippen LogP contribution in [0.15, 0.2) is 21.6 Å². The minimum Gasteiger partial charge on any atom is -0.440 e. The van der Waals surface area contributed by atoms with Crippen molar-refractivity contribution in [2.45, 2.75) is 37.8 Å². The summed E-state index contributed by atoms with van der Waals surface area (Å²) in [7, 11) is -3.63. The number of carbonyl (C=O) groups is 1. The van der Waals surface area contributed by atoms with Crippen LogP contribution in [0.1, 0.15) is 37.2 Å². The van der Waals surface area contributed by atoms with Crippen molar-refractivity contribution in [1.29, 1.82) is 0 Å². The SMILES string of the molecule is CC1CCC(C)N(S(=O)(=O)c2ccc(C=O)o2)C1. The molecule has 2 heterocycles. The largest absolute Gasteiger partial charge is 0.440 e. The van der Waals surface area contributed by atoms with Gasteiger partial charge in [0, 0.05) is 12.6 Å². The van der Waals surface area contributed by atoms with Crippen molar-refractivity contribution < 1.29 is 17.6 Å². The Balaban J connectivity index is 2.32. The van der Waals surface area contributed by atoms with E-state index < -0.39 is 10.0 Å². The van der Waals surface area contributed by atoms with Crippen molar-refractivity contribution >= 4 is 16.3 Å². The first-order valence-electron chi connectivity index (χ1n) is 6.02. The van der Waals surface area contributed by atoms with Crippen molar-refractivity contribution in [2.24, 2.45) is 5.92 Å². The molecule has 0 aromatic carbocycles. The van der Waals surface area contributed by atoms with Crippen LogP contribution in [0.2, 0.25) is 0 Å². The van der Waals surface area contributed by atoms with E-state index in [0.29, 0.717) is 18.7 Å². The molecule has 0 spiro atoms. The molecule has 2 atom stereocenters. The van der Waals surface area contributed by atoms with Crippen LogP contribution < -0.4 is 0 Å². The number of aldehydes is 1. The third kappa shape index (κ3) is 2.35. The molecule has 1 aliphatic rings. The smallest absolute Gasteiger partial charge is 0.276 e. The number of carbonyl (C=O) groups excluding carboxylic acids is 1. The Bertz CT molecular complexity index is 534. The second-order valence-corrected chi connectivity index (χ2v) is 6.70. The summed E-state index contributed by atoms with van der Waals surface area (Å²) in [6.45, 7) is 4.43. The van der Waals surface area contributed by atoms with E-state index in [-0.39, 0.29) is 16.9 Å². The van der Waals surface area contributed by atoms with Gasteiger partial charge >= 0.3 is 0 Å². The van der Waals surface area contributed by atoms with Crippen LogP contribution in [-0.4, -0.2) is 31.6 Å². The Labute approximate surface area is 107 Å². The molecule has 0 N–H and O–H groups in total. The molecule has 18 heavy (non-hydrogen) atoms. The lowest BCUT2D eigenvalue weighted by molar-refractivity contribution is 0.109. The van der Waals surface area contributed by atoms with E-state index >= 15 is 0 Å². The predicted octanol–water partition coefficient (Wildman–Crippen LogP) is 1.90. The molecule has 100 valence electrons. The Morgan fingerprint density at radius 3 is 2.67 bits per heavy atom. The van der Waals surface area contributed by atoms with Gasteiger partial charge in [-0.25, -0.2) is 8.42 Å². The summed E-state index contributed by atoms with van der Waals surface area (Å²) >= 11 is 0. The van der Waals surface area contributed by atoms with Crippen LogP contribution >= 0.6 is 0 Å². The molecule has 0 radical (unpaired) electrons. The maximum Gasteiger partial charge on any atom is 0.276 e. The van der Waals surface area contributed by atoms with E-state index in [9.17, 15) is 13.2 Å². The first-order chi connectivity index (χ1) is 8.45. The fraction of sp³-hybridized carbons (Fsp3) is 0.583. The molecule has 2 unspecified atom stereocenters. The van der Waals surface area contributed by atoms with Gasteiger partial charge in [0.05, 0.1) is 0 Å². The van der Waals surface area contributed by atoms with Gasteiger partial charge in [-0.2, -0.15) is 4.31 Å². The van der Waals surface area contributed by atoms with Gasteiger partial charge in [0.25, 0.3) is 10.0 Å².